The normalized spacial score (nSPS) is 15.8. The fourth-order valence-electron chi connectivity index (χ4n) is 1.38. The smallest absolute Gasteiger partial charge is 0.145 e. The lowest BCUT2D eigenvalue weighted by Crippen LogP contribution is -2.01. The maximum Gasteiger partial charge on any atom is 0.145 e. The summed E-state index contributed by atoms with van der Waals surface area (Å²) in [5.74, 6) is 1.85. The molecular weight excluding hydrogens is 196 g/mol. The minimum absolute atomic E-state index is 0.283. The van der Waals surface area contributed by atoms with Crippen LogP contribution >= 0.6 is 11.5 Å². The summed E-state index contributed by atoms with van der Waals surface area (Å²) in [7, 11) is 0. The van der Waals surface area contributed by atoms with Gasteiger partial charge in [0.15, 0.2) is 0 Å². The van der Waals surface area contributed by atoms with Crippen molar-refractivity contribution >= 4 is 17.3 Å². The van der Waals surface area contributed by atoms with E-state index in [9.17, 15) is 4.79 Å². The molecule has 0 unspecified atom stereocenters. The number of carbonyl (C=O) groups is 1. The first-order valence-electron chi connectivity index (χ1n) is 5.13. The second-order valence-electron chi connectivity index (χ2n) is 3.79. The van der Waals surface area contributed by atoms with Crippen LogP contribution in [0.4, 0.5) is 0 Å². The van der Waals surface area contributed by atoms with E-state index in [-0.39, 0.29) is 5.78 Å². The Morgan fingerprint density at radius 1 is 1.57 bits per heavy atom. The highest BCUT2D eigenvalue weighted by Crippen LogP contribution is 2.38. The number of nitrogens with zero attached hydrogens (tertiary/aromatic N) is 2. The summed E-state index contributed by atoms with van der Waals surface area (Å²) in [6, 6.07) is 0. The third kappa shape index (κ3) is 2.38. The summed E-state index contributed by atoms with van der Waals surface area (Å²) in [6.45, 7) is 2.02. The van der Waals surface area contributed by atoms with E-state index in [1.807, 2.05) is 6.92 Å². The zero-order chi connectivity index (χ0) is 9.97. The Morgan fingerprint density at radius 2 is 2.36 bits per heavy atom. The van der Waals surface area contributed by atoms with E-state index >= 15 is 0 Å². The molecule has 1 heterocycles. The molecule has 0 amide bonds. The molecule has 1 saturated carbocycles. The number of hydrogen-bond acceptors (Lipinski definition) is 4. The molecule has 1 aliphatic rings. The zero-order valence-electron chi connectivity index (χ0n) is 8.32. The molecule has 4 heteroatoms. The first-order valence-corrected chi connectivity index (χ1v) is 5.91. The van der Waals surface area contributed by atoms with E-state index in [0.717, 1.165) is 17.3 Å². The highest BCUT2D eigenvalue weighted by Gasteiger charge is 2.27. The number of rotatable bonds is 5. The van der Waals surface area contributed by atoms with Gasteiger partial charge in [-0.3, -0.25) is 4.79 Å². The van der Waals surface area contributed by atoms with Crippen LogP contribution in [0.1, 0.15) is 49.4 Å². The molecule has 0 radical (unpaired) electrons. The Hall–Kier alpha value is -0.770. The number of hydrogen-bond donors (Lipinski definition) is 0. The SMILES string of the molecule is CCCC(=O)Cc1nc(C2CC2)ns1. The minimum Gasteiger partial charge on any atom is -0.299 e. The monoisotopic (exact) mass is 210 g/mol. The van der Waals surface area contributed by atoms with Gasteiger partial charge in [-0.05, 0) is 30.8 Å². The molecule has 2 rings (SSSR count). The van der Waals surface area contributed by atoms with Crippen molar-refractivity contribution in [3.8, 4) is 0 Å². The summed E-state index contributed by atoms with van der Waals surface area (Å²) in [5.41, 5.74) is 0. The second-order valence-corrected chi connectivity index (χ2v) is 4.62. The number of Topliss-reactive ketones (excluding diaryl/α,β-unsaturated/α-hetero) is 1. The molecule has 0 saturated heterocycles. The molecule has 0 spiro atoms. The van der Waals surface area contributed by atoms with Crippen molar-refractivity contribution < 1.29 is 4.79 Å². The van der Waals surface area contributed by atoms with Crippen molar-refractivity contribution in [2.45, 2.75) is 44.9 Å². The molecular formula is C10H14N2OS. The van der Waals surface area contributed by atoms with Gasteiger partial charge in [0, 0.05) is 12.3 Å². The van der Waals surface area contributed by atoms with E-state index in [1.165, 1.54) is 24.4 Å². The number of carbonyl (C=O) groups excluding carboxylic acids is 1. The van der Waals surface area contributed by atoms with Crippen molar-refractivity contribution in [1.82, 2.24) is 9.36 Å². The van der Waals surface area contributed by atoms with Gasteiger partial charge in [0.2, 0.25) is 0 Å². The van der Waals surface area contributed by atoms with Crippen LogP contribution in [0.2, 0.25) is 0 Å². The van der Waals surface area contributed by atoms with E-state index < -0.39 is 0 Å². The average molecular weight is 210 g/mol. The fraction of sp³-hybridized carbons (Fsp3) is 0.700. The van der Waals surface area contributed by atoms with Gasteiger partial charge in [0.1, 0.15) is 16.6 Å². The van der Waals surface area contributed by atoms with Crippen LogP contribution < -0.4 is 0 Å². The van der Waals surface area contributed by atoms with E-state index in [1.54, 1.807) is 0 Å². The lowest BCUT2D eigenvalue weighted by Gasteiger charge is -1.92. The molecule has 0 N–H and O–H groups in total. The molecule has 0 aromatic carbocycles. The minimum atomic E-state index is 0.283. The van der Waals surface area contributed by atoms with Crippen LogP contribution in [0.25, 0.3) is 0 Å². The van der Waals surface area contributed by atoms with Crippen molar-refractivity contribution in [2.75, 3.05) is 0 Å². The molecule has 0 aliphatic heterocycles. The number of aromatic nitrogens is 2. The van der Waals surface area contributed by atoms with Gasteiger partial charge in [-0.1, -0.05) is 6.92 Å². The van der Waals surface area contributed by atoms with Crippen LogP contribution in [0.3, 0.4) is 0 Å². The maximum absolute atomic E-state index is 11.3. The molecule has 14 heavy (non-hydrogen) atoms. The summed E-state index contributed by atoms with van der Waals surface area (Å²) < 4.78 is 4.27. The molecule has 3 nitrogen and oxygen atoms in total. The predicted octanol–water partition coefficient (Wildman–Crippen LogP) is 2.33. The van der Waals surface area contributed by atoms with Gasteiger partial charge in [-0.25, -0.2) is 4.98 Å². The van der Waals surface area contributed by atoms with Crippen LogP contribution in [0, 0.1) is 0 Å². The standard InChI is InChI=1S/C10H14N2OS/c1-2-3-8(13)6-9-11-10(12-14-9)7-4-5-7/h7H,2-6H2,1H3. The first-order chi connectivity index (χ1) is 6.79. The van der Waals surface area contributed by atoms with Gasteiger partial charge >= 0.3 is 0 Å². The topological polar surface area (TPSA) is 42.9 Å². The van der Waals surface area contributed by atoms with Gasteiger partial charge < -0.3 is 0 Å². The highest BCUT2D eigenvalue weighted by atomic mass is 32.1. The van der Waals surface area contributed by atoms with E-state index in [2.05, 4.69) is 9.36 Å². The quantitative estimate of drug-likeness (QED) is 0.749. The molecule has 1 aromatic rings. The summed E-state index contributed by atoms with van der Waals surface area (Å²) in [4.78, 5) is 15.7. The van der Waals surface area contributed by atoms with Gasteiger partial charge in [0.05, 0.1) is 6.42 Å². The Labute approximate surface area is 87.7 Å². The number of ketones is 1. The van der Waals surface area contributed by atoms with Crippen molar-refractivity contribution in [3.05, 3.63) is 10.8 Å². The van der Waals surface area contributed by atoms with Crippen LogP contribution in [0.5, 0.6) is 0 Å². The molecule has 1 aliphatic carbocycles. The molecule has 76 valence electrons. The first kappa shape index (κ1) is 9.77. The van der Waals surface area contributed by atoms with Gasteiger partial charge in [0.25, 0.3) is 0 Å². The van der Waals surface area contributed by atoms with Gasteiger partial charge in [-0.15, -0.1) is 0 Å². The van der Waals surface area contributed by atoms with Crippen molar-refractivity contribution in [3.63, 3.8) is 0 Å². The Morgan fingerprint density at radius 3 is 3.00 bits per heavy atom. The zero-order valence-corrected chi connectivity index (χ0v) is 9.14. The predicted molar refractivity (Wildman–Crippen MR) is 55.5 cm³/mol. The van der Waals surface area contributed by atoms with Crippen LogP contribution in [0.15, 0.2) is 0 Å². The molecule has 1 aromatic heterocycles. The van der Waals surface area contributed by atoms with Gasteiger partial charge in [-0.2, -0.15) is 4.37 Å². The summed E-state index contributed by atoms with van der Waals surface area (Å²) in [5, 5.41) is 0.894. The van der Waals surface area contributed by atoms with Crippen LogP contribution in [-0.4, -0.2) is 15.1 Å². The maximum atomic E-state index is 11.3. The molecule has 0 atom stereocenters. The average Bonchev–Trinajstić information content (AvgIpc) is 2.89. The molecule has 0 bridgehead atoms. The molecule has 1 fully saturated rings. The Balaban J connectivity index is 1.92. The second kappa shape index (κ2) is 4.17. The lowest BCUT2D eigenvalue weighted by molar-refractivity contribution is -0.118. The van der Waals surface area contributed by atoms with Crippen LogP contribution in [-0.2, 0) is 11.2 Å². The Bertz CT molecular complexity index is 331. The largest absolute Gasteiger partial charge is 0.299 e. The Kier molecular flexibility index (Phi) is 2.91. The lowest BCUT2D eigenvalue weighted by atomic mass is 10.2. The van der Waals surface area contributed by atoms with Crippen molar-refractivity contribution in [2.24, 2.45) is 0 Å². The van der Waals surface area contributed by atoms with E-state index in [0.29, 0.717) is 18.8 Å². The fourth-order valence-corrected chi connectivity index (χ4v) is 2.13. The third-order valence-electron chi connectivity index (χ3n) is 2.30. The van der Waals surface area contributed by atoms with Crippen molar-refractivity contribution in [1.29, 1.82) is 0 Å². The van der Waals surface area contributed by atoms with E-state index in [4.69, 9.17) is 0 Å². The summed E-state index contributed by atoms with van der Waals surface area (Å²) in [6.07, 6.45) is 4.52. The third-order valence-corrected chi connectivity index (χ3v) is 3.03. The summed E-state index contributed by atoms with van der Waals surface area (Å²) >= 11 is 1.39. The highest BCUT2D eigenvalue weighted by molar-refractivity contribution is 7.05.